The van der Waals surface area contributed by atoms with E-state index in [9.17, 15) is 5.11 Å². The Morgan fingerprint density at radius 2 is 1.95 bits per heavy atom. The standard InChI is InChI=1S/C17H31NO2/c1-13-4-6-18(7-5-13)10-17(19)12-20-11-16-9-14-2-3-15(16)8-14/h13-17,19H,2-12H2,1H3/t14-,15-,16-,17-/m1/s1. The topological polar surface area (TPSA) is 32.7 Å². The Labute approximate surface area is 123 Å². The minimum absolute atomic E-state index is 0.304. The first kappa shape index (κ1) is 14.8. The van der Waals surface area contributed by atoms with Gasteiger partial charge < -0.3 is 14.7 Å². The molecule has 0 aromatic carbocycles. The van der Waals surface area contributed by atoms with E-state index >= 15 is 0 Å². The van der Waals surface area contributed by atoms with Gasteiger partial charge in [0.2, 0.25) is 0 Å². The summed E-state index contributed by atoms with van der Waals surface area (Å²) in [6, 6.07) is 0. The molecule has 3 fully saturated rings. The maximum absolute atomic E-state index is 10.1. The molecule has 4 atom stereocenters. The lowest BCUT2D eigenvalue weighted by molar-refractivity contribution is -0.00595. The molecule has 1 N–H and O–H groups in total. The number of hydrogen-bond acceptors (Lipinski definition) is 3. The molecule has 3 nitrogen and oxygen atoms in total. The normalized spacial score (nSPS) is 36.6. The van der Waals surface area contributed by atoms with Crippen LogP contribution in [0.4, 0.5) is 0 Å². The molecule has 116 valence electrons. The highest BCUT2D eigenvalue weighted by molar-refractivity contribution is 4.89. The van der Waals surface area contributed by atoms with E-state index < -0.39 is 0 Å². The summed E-state index contributed by atoms with van der Waals surface area (Å²) in [5.74, 6) is 3.57. The van der Waals surface area contributed by atoms with E-state index in [0.29, 0.717) is 6.61 Å². The molecule has 3 rings (SSSR count). The number of piperidine rings is 1. The van der Waals surface area contributed by atoms with Gasteiger partial charge in [0.05, 0.1) is 12.7 Å². The van der Waals surface area contributed by atoms with Crippen molar-refractivity contribution < 1.29 is 9.84 Å². The summed E-state index contributed by atoms with van der Waals surface area (Å²) in [5.41, 5.74) is 0. The molecule has 2 aliphatic carbocycles. The highest BCUT2D eigenvalue weighted by atomic mass is 16.5. The Balaban J connectivity index is 1.28. The monoisotopic (exact) mass is 281 g/mol. The van der Waals surface area contributed by atoms with Crippen molar-refractivity contribution in [1.29, 1.82) is 0 Å². The third kappa shape index (κ3) is 3.75. The minimum atomic E-state index is -0.304. The van der Waals surface area contributed by atoms with Crippen LogP contribution in [0.3, 0.4) is 0 Å². The zero-order valence-corrected chi connectivity index (χ0v) is 13.0. The smallest absolute Gasteiger partial charge is 0.0900 e. The second-order valence-corrected chi connectivity index (χ2v) is 7.61. The van der Waals surface area contributed by atoms with Gasteiger partial charge in [0, 0.05) is 13.2 Å². The lowest BCUT2D eigenvalue weighted by atomic mass is 9.90. The Kier molecular flexibility index (Phi) is 5.00. The summed E-state index contributed by atoms with van der Waals surface area (Å²) in [4.78, 5) is 2.39. The van der Waals surface area contributed by atoms with Crippen molar-refractivity contribution in [3.8, 4) is 0 Å². The third-order valence-corrected chi connectivity index (χ3v) is 5.87. The molecular formula is C17H31NO2. The number of β-amino-alcohol motifs (C(OH)–C–C–N with tert-alkyl or cyclic N) is 1. The van der Waals surface area contributed by atoms with Crippen LogP contribution in [0.25, 0.3) is 0 Å². The molecular weight excluding hydrogens is 250 g/mol. The van der Waals surface area contributed by atoms with Gasteiger partial charge in [-0.15, -0.1) is 0 Å². The summed E-state index contributed by atoms with van der Waals surface area (Å²) in [6.45, 7) is 6.82. The molecule has 3 aliphatic rings. The van der Waals surface area contributed by atoms with Gasteiger partial charge in [-0.3, -0.25) is 0 Å². The number of fused-ring (bicyclic) bond motifs is 2. The Morgan fingerprint density at radius 3 is 2.60 bits per heavy atom. The number of nitrogens with zero attached hydrogens (tertiary/aromatic N) is 1. The summed E-state index contributed by atoms with van der Waals surface area (Å²) >= 11 is 0. The van der Waals surface area contributed by atoms with Crippen LogP contribution < -0.4 is 0 Å². The highest BCUT2D eigenvalue weighted by Gasteiger charge is 2.39. The summed E-state index contributed by atoms with van der Waals surface area (Å²) in [6.07, 6.45) is 7.96. The van der Waals surface area contributed by atoms with Crippen molar-refractivity contribution in [3.05, 3.63) is 0 Å². The maximum atomic E-state index is 10.1. The fourth-order valence-corrected chi connectivity index (χ4v) is 4.53. The zero-order valence-electron chi connectivity index (χ0n) is 13.0. The Morgan fingerprint density at radius 1 is 1.15 bits per heavy atom. The van der Waals surface area contributed by atoms with Crippen LogP contribution in [-0.2, 0) is 4.74 Å². The average Bonchev–Trinajstić information content (AvgIpc) is 3.04. The van der Waals surface area contributed by atoms with Crippen molar-refractivity contribution in [2.75, 3.05) is 32.8 Å². The first-order valence-corrected chi connectivity index (χ1v) is 8.69. The number of hydrogen-bond donors (Lipinski definition) is 1. The van der Waals surface area contributed by atoms with E-state index in [2.05, 4.69) is 11.8 Å². The quantitative estimate of drug-likeness (QED) is 0.812. The van der Waals surface area contributed by atoms with Crippen LogP contribution >= 0.6 is 0 Å². The molecule has 0 aromatic heterocycles. The van der Waals surface area contributed by atoms with E-state index in [1.807, 2.05) is 0 Å². The second-order valence-electron chi connectivity index (χ2n) is 7.61. The van der Waals surface area contributed by atoms with Crippen molar-refractivity contribution >= 4 is 0 Å². The van der Waals surface area contributed by atoms with Gasteiger partial charge in [0.1, 0.15) is 0 Å². The van der Waals surface area contributed by atoms with E-state index in [1.165, 1.54) is 38.5 Å². The molecule has 1 saturated heterocycles. The molecule has 3 heteroatoms. The van der Waals surface area contributed by atoms with Crippen LogP contribution in [0.15, 0.2) is 0 Å². The van der Waals surface area contributed by atoms with E-state index in [-0.39, 0.29) is 6.10 Å². The first-order chi connectivity index (χ1) is 9.70. The number of likely N-dealkylation sites (tertiary alicyclic amines) is 1. The summed E-state index contributed by atoms with van der Waals surface area (Å²) in [7, 11) is 0. The maximum Gasteiger partial charge on any atom is 0.0900 e. The van der Waals surface area contributed by atoms with Gasteiger partial charge in [0.15, 0.2) is 0 Å². The van der Waals surface area contributed by atoms with Crippen molar-refractivity contribution in [2.45, 2.75) is 51.6 Å². The van der Waals surface area contributed by atoms with Crippen molar-refractivity contribution in [1.82, 2.24) is 4.90 Å². The summed E-state index contributed by atoms with van der Waals surface area (Å²) in [5, 5.41) is 10.1. The van der Waals surface area contributed by atoms with Gasteiger partial charge in [-0.05, 0) is 68.9 Å². The predicted molar refractivity (Wildman–Crippen MR) is 80.6 cm³/mol. The average molecular weight is 281 g/mol. The fourth-order valence-electron chi connectivity index (χ4n) is 4.53. The van der Waals surface area contributed by atoms with Crippen LogP contribution in [0, 0.1) is 23.7 Å². The molecule has 2 bridgehead atoms. The Bertz CT molecular complexity index is 301. The SMILES string of the molecule is CC1CCN(C[C@@H](O)COC[C@H]2C[C@@H]3CC[C@@H]2C3)CC1. The van der Waals surface area contributed by atoms with Gasteiger partial charge in [-0.1, -0.05) is 13.3 Å². The first-order valence-electron chi connectivity index (χ1n) is 8.69. The van der Waals surface area contributed by atoms with E-state index in [1.54, 1.807) is 0 Å². The lowest BCUT2D eigenvalue weighted by Gasteiger charge is -2.31. The molecule has 0 radical (unpaired) electrons. The Hall–Kier alpha value is -0.120. The number of rotatable bonds is 6. The second kappa shape index (κ2) is 6.76. The molecule has 20 heavy (non-hydrogen) atoms. The van der Waals surface area contributed by atoms with Gasteiger partial charge in [-0.2, -0.15) is 0 Å². The molecule has 1 aliphatic heterocycles. The fraction of sp³-hybridized carbons (Fsp3) is 1.00. The molecule has 0 amide bonds. The predicted octanol–water partition coefficient (Wildman–Crippen LogP) is 2.53. The van der Waals surface area contributed by atoms with Gasteiger partial charge in [-0.25, -0.2) is 0 Å². The van der Waals surface area contributed by atoms with E-state index in [0.717, 1.165) is 49.9 Å². The third-order valence-electron chi connectivity index (χ3n) is 5.87. The number of aliphatic hydroxyl groups is 1. The van der Waals surface area contributed by atoms with E-state index in [4.69, 9.17) is 4.74 Å². The number of ether oxygens (including phenoxy) is 1. The molecule has 0 unspecified atom stereocenters. The van der Waals surface area contributed by atoms with Gasteiger partial charge >= 0.3 is 0 Å². The summed E-state index contributed by atoms with van der Waals surface area (Å²) < 4.78 is 5.82. The highest BCUT2D eigenvalue weighted by Crippen LogP contribution is 2.48. The van der Waals surface area contributed by atoms with Crippen LogP contribution in [0.1, 0.15) is 45.4 Å². The minimum Gasteiger partial charge on any atom is -0.389 e. The molecule has 1 heterocycles. The van der Waals surface area contributed by atoms with Crippen LogP contribution in [0.2, 0.25) is 0 Å². The zero-order chi connectivity index (χ0) is 13.9. The molecule has 0 spiro atoms. The van der Waals surface area contributed by atoms with Crippen molar-refractivity contribution in [3.63, 3.8) is 0 Å². The van der Waals surface area contributed by atoms with Gasteiger partial charge in [0.25, 0.3) is 0 Å². The largest absolute Gasteiger partial charge is 0.389 e. The van der Waals surface area contributed by atoms with Crippen molar-refractivity contribution in [2.24, 2.45) is 23.7 Å². The van der Waals surface area contributed by atoms with Crippen LogP contribution in [-0.4, -0.2) is 49.0 Å². The van der Waals surface area contributed by atoms with Crippen LogP contribution in [0.5, 0.6) is 0 Å². The molecule has 0 aromatic rings. The molecule has 2 saturated carbocycles. The number of aliphatic hydroxyl groups excluding tert-OH is 1. The lowest BCUT2D eigenvalue weighted by Crippen LogP contribution is -2.40.